The van der Waals surface area contributed by atoms with E-state index in [1.165, 1.54) is 4.90 Å². The second kappa shape index (κ2) is 7.86. The van der Waals surface area contributed by atoms with Crippen LogP contribution in [0.4, 0.5) is 8.78 Å². The van der Waals surface area contributed by atoms with Gasteiger partial charge in [-0.25, -0.2) is 8.78 Å². The van der Waals surface area contributed by atoms with Crippen molar-refractivity contribution in [3.8, 4) is 0 Å². The van der Waals surface area contributed by atoms with E-state index in [1.807, 2.05) is 32.0 Å². The zero-order chi connectivity index (χ0) is 19.6. The van der Waals surface area contributed by atoms with Crippen molar-refractivity contribution < 1.29 is 18.4 Å². The SMILES string of the molecule is Cc1ccc(C)c(CC(=O)N2CCN(C(=O)c3ccc(F)cc3F)CC2)c1. The number of halogens is 2. The first-order chi connectivity index (χ1) is 12.8. The third-order valence-electron chi connectivity index (χ3n) is 4.93. The number of benzene rings is 2. The number of aryl methyl sites for hydroxylation is 2. The number of hydrogen-bond donors (Lipinski definition) is 0. The molecule has 1 fully saturated rings. The first-order valence-corrected chi connectivity index (χ1v) is 8.93. The summed E-state index contributed by atoms with van der Waals surface area (Å²) in [7, 11) is 0. The molecule has 1 heterocycles. The van der Waals surface area contributed by atoms with E-state index in [1.54, 1.807) is 4.90 Å². The van der Waals surface area contributed by atoms with Crippen molar-refractivity contribution >= 4 is 11.8 Å². The molecular formula is C21H22F2N2O2. The fraction of sp³-hybridized carbons (Fsp3) is 0.333. The Kier molecular flexibility index (Phi) is 5.54. The van der Waals surface area contributed by atoms with Crippen molar-refractivity contribution in [2.45, 2.75) is 20.3 Å². The van der Waals surface area contributed by atoms with Crippen LogP contribution in [-0.4, -0.2) is 47.8 Å². The monoisotopic (exact) mass is 372 g/mol. The highest BCUT2D eigenvalue weighted by molar-refractivity contribution is 5.94. The number of amides is 2. The standard InChI is InChI=1S/C21H22F2N2O2/c1-14-3-4-15(2)16(11-14)12-20(26)24-7-9-25(10-8-24)21(27)18-6-5-17(22)13-19(18)23/h3-6,11,13H,7-10,12H2,1-2H3. The average Bonchev–Trinajstić information content (AvgIpc) is 2.64. The van der Waals surface area contributed by atoms with E-state index >= 15 is 0 Å². The van der Waals surface area contributed by atoms with E-state index in [-0.39, 0.29) is 11.5 Å². The Bertz CT molecular complexity index is 874. The predicted molar refractivity (Wildman–Crippen MR) is 98.5 cm³/mol. The van der Waals surface area contributed by atoms with Crippen molar-refractivity contribution in [2.75, 3.05) is 26.2 Å². The van der Waals surface area contributed by atoms with Gasteiger partial charge in [-0.15, -0.1) is 0 Å². The molecule has 0 aliphatic carbocycles. The number of carbonyl (C=O) groups excluding carboxylic acids is 2. The summed E-state index contributed by atoms with van der Waals surface area (Å²) in [5.74, 6) is -2.04. The average molecular weight is 372 g/mol. The molecule has 4 nitrogen and oxygen atoms in total. The molecule has 0 unspecified atom stereocenters. The minimum Gasteiger partial charge on any atom is -0.339 e. The van der Waals surface area contributed by atoms with Crippen molar-refractivity contribution in [1.82, 2.24) is 9.80 Å². The van der Waals surface area contributed by atoms with Gasteiger partial charge < -0.3 is 9.80 Å². The zero-order valence-electron chi connectivity index (χ0n) is 15.5. The molecular weight excluding hydrogens is 350 g/mol. The van der Waals surface area contributed by atoms with Crippen LogP contribution in [0.3, 0.4) is 0 Å². The van der Waals surface area contributed by atoms with Gasteiger partial charge in [-0.3, -0.25) is 9.59 Å². The number of hydrogen-bond acceptors (Lipinski definition) is 2. The lowest BCUT2D eigenvalue weighted by molar-refractivity contribution is -0.131. The summed E-state index contributed by atoms with van der Waals surface area (Å²) in [5, 5.41) is 0. The van der Waals surface area contributed by atoms with Crippen LogP contribution in [0.25, 0.3) is 0 Å². The Hall–Kier alpha value is -2.76. The van der Waals surface area contributed by atoms with Gasteiger partial charge in [0.05, 0.1) is 12.0 Å². The summed E-state index contributed by atoms with van der Waals surface area (Å²) in [6.45, 7) is 5.43. The maximum Gasteiger partial charge on any atom is 0.256 e. The molecule has 1 saturated heterocycles. The molecule has 0 saturated carbocycles. The molecule has 0 aromatic heterocycles. The maximum atomic E-state index is 13.8. The van der Waals surface area contributed by atoms with Gasteiger partial charge in [0, 0.05) is 32.2 Å². The molecule has 3 rings (SSSR count). The van der Waals surface area contributed by atoms with Gasteiger partial charge >= 0.3 is 0 Å². The minimum atomic E-state index is -0.867. The lowest BCUT2D eigenvalue weighted by Gasteiger charge is -2.35. The summed E-state index contributed by atoms with van der Waals surface area (Å²) in [6.07, 6.45) is 0.327. The van der Waals surface area contributed by atoms with Crippen LogP contribution in [0.2, 0.25) is 0 Å². The second-order valence-corrected chi connectivity index (χ2v) is 6.90. The molecule has 6 heteroatoms. The lowest BCUT2D eigenvalue weighted by Crippen LogP contribution is -2.51. The first kappa shape index (κ1) is 19.0. The molecule has 0 radical (unpaired) electrons. The van der Waals surface area contributed by atoms with E-state index in [0.29, 0.717) is 38.7 Å². The van der Waals surface area contributed by atoms with Gasteiger partial charge in [-0.05, 0) is 37.1 Å². The van der Waals surface area contributed by atoms with Gasteiger partial charge in [-0.2, -0.15) is 0 Å². The molecule has 0 bridgehead atoms. The Morgan fingerprint density at radius 2 is 1.59 bits per heavy atom. The normalized spacial score (nSPS) is 14.4. The van der Waals surface area contributed by atoms with E-state index in [0.717, 1.165) is 28.8 Å². The topological polar surface area (TPSA) is 40.6 Å². The highest BCUT2D eigenvalue weighted by atomic mass is 19.1. The van der Waals surface area contributed by atoms with Crippen LogP contribution in [0, 0.1) is 25.5 Å². The summed E-state index contributed by atoms with van der Waals surface area (Å²) in [5.41, 5.74) is 3.05. The molecule has 27 heavy (non-hydrogen) atoms. The van der Waals surface area contributed by atoms with Gasteiger partial charge in [0.25, 0.3) is 5.91 Å². The summed E-state index contributed by atoms with van der Waals surface area (Å²) in [6, 6.07) is 8.97. The second-order valence-electron chi connectivity index (χ2n) is 6.90. The van der Waals surface area contributed by atoms with Gasteiger partial charge in [0.2, 0.25) is 5.91 Å². The Morgan fingerprint density at radius 1 is 0.926 bits per heavy atom. The molecule has 0 spiro atoms. The van der Waals surface area contributed by atoms with E-state index in [9.17, 15) is 18.4 Å². The molecule has 2 aromatic carbocycles. The highest BCUT2D eigenvalue weighted by Crippen LogP contribution is 2.16. The largest absolute Gasteiger partial charge is 0.339 e. The van der Waals surface area contributed by atoms with Crippen molar-refractivity contribution in [1.29, 1.82) is 0 Å². The number of nitrogens with zero attached hydrogens (tertiary/aromatic N) is 2. The minimum absolute atomic E-state index is 0.0174. The van der Waals surface area contributed by atoms with Crippen LogP contribution < -0.4 is 0 Å². The van der Waals surface area contributed by atoms with Crippen LogP contribution in [-0.2, 0) is 11.2 Å². The fourth-order valence-corrected chi connectivity index (χ4v) is 3.26. The molecule has 1 aliphatic heterocycles. The summed E-state index contributed by atoms with van der Waals surface area (Å²) >= 11 is 0. The van der Waals surface area contributed by atoms with Crippen molar-refractivity contribution in [2.24, 2.45) is 0 Å². The van der Waals surface area contributed by atoms with Crippen molar-refractivity contribution in [3.05, 3.63) is 70.3 Å². The third kappa shape index (κ3) is 4.32. The molecule has 1 aliphatic rings. The van der Waals surface area contributed by atoms with Crippen LogP contribution in [0.1, 0.15) is 27.0 Å². The highest BCUT2D eigenvalue weighted by Gasteiger charge is 2.26. The van der Waals surface area contributed by atoms with Crippen molar-refractivity contribution in [3.63, 3.8) is 0 Å². The molecule has 2 amide bonds. The quantitative estimate of drug-likeness (QED) is 0.831. The first-order valence-electron chi connectivity index (χ1n) is 8.93. The molecule has 2 aromatic rings. The Labute approximate surface area is 157 Å². The fourth-order valence-electron chi connectivity index (χ4n) is 3.26. The van der Waals surface area contributed by atoms with Crippen LogP contribution in [0.5, 0.6) is 0 Å². The summed E-state index contributed by atoms with van der Waals surface area (Å²) < 4.78 is 26.8. The maximum absolute atomic E-state index is 13.8. The van der Waals surface area contributed by atoms with E-state index in [2.05, 4.69) is 0 Å². The van der Waals surface area contributed by atoms with Crippen LogP contribution >= 0.6 is 0 Å². The van der Waals surface area contributed by atoms with E-state index < -0.39 is 17.5 Å². The molecule has 0 N–H and O–H groups in total. The molecule has 142 valence electrons. The number of carbonyl (C=O) groups is 2. The Balaban J connectivity index is 1.60. The number of piperazine rings is 1. The lowest BCUT2D eigenvalue weighted by atomic mass is 10.0. The molecule has 0 atom stereocenters. The number of rotatable bonds is 3. The van der Waals surface area contributed by atoms with E-state index in [4.69, 9.17) is 0 Å². The van der Waals surface area contributed by atoms with Gasteiger partial charge in [0.1, 0.15) is 11.6 Å². The predicted octanol–water partition coefficient (Wildman–Crippen LogP) is 3.11. The smallest absolute Gasteiger partial charge is 0.256 e. The van der Waals surface area contributed by atoms with Crippen LogP contribution in [0.15, 0.2) is 36.4 Å². The van der Waals surface area contributed by atoms with Gasteiger partial charge in [0.15, 0.2) is 0 Å². The Morgan fingerprint density at radius 3 is 2.26 bits per heavy atom. The third-order valence-corrected chi connectivity index (χ3v) is 4.93. The van der Waals surface area contributed by atoms with Gasteiger partial charge in [-0.1, -0.05) is 23.8 Å². The summed E-state index contributed by atoms with van der Waals surface area (Å²) in [4.78, 5) is 28.3. The zero-order valence-corrected chi connectivity index (χ0v) is 15.5.